The van der Waals surface area contributed by atoms with Crippen LogP contribution in [0.1, 0.15) is 27.2 Å². The second-order valence-corrected chi connectivity index (χ2v) is 3.99. The summed E-state index contributed by atoms with van der Waals surface area (Å²) in [6, 6.07) is 0. The van der Waals surface area contributed by atoms with Crippen LogP contribution in [-0.2, 0) is 0 Å². The van der Waals surface area contributed by atoms with Crippen molar-refractivity contribution in [2.45, 2.75) is 27.2 Å². The standard InChI is InChI=1S/C10H21N/c1-6-10(4,8-11-5)7-9(2)3/h6,9,11H,1,7-8H2,2-5H3. The first kappa shape index (κ1) is 10.7. The lowest BCUT2D eigenvalue weighted by molar-refractivity contribution is 0.324. The summed E-state index contributed by atoms with van der Waals surface area (Å²) >= 11 is 0. The molecular formula is C10H21N. The molecule has 0 aliphatic rings. The van der Waals surface area contributed by atoms with E-state index in [1.165, 1.54) is 6.42 Å². The molecule has 0 amide bonds. The van der Waals surface area contributed by atoms with E-state index in [0.717, 1.165) is 12.5 Å². The summed E-state index contributed by atoms with van der Waals surface area (Å²) in [6.45, 7) is 11.6. The van der Waals surface area contributed by atoms with Gasteiger partial charge in [0.15, 0.2) is 0 Å². The molecule has 0 aliphatic carbocycles. The summed E-state index contributed by atoms with van der Waals surface area (Å²) in [6.07, 6.45) is 3.26. The van der Waals surface area contributed by atoms with E-state index < -0.39 is 0 Å². The third-order valence-corrected chi connectivity index (χ3v) is 1.95. The van der Waals surface area contributed by atoms with E-state index in [0.29, 0.717) is 0 Å². The van der Waals surface area contributed by atoms with Crippen molar-refractivity contribution in [3.63, 3.8) is 0 Å². The van der Waals surface area contributed by atoms with E-state index in [2.05, 4.69) is 38.7 Å². The summed E-state index contributed by atoms with van der Waals surface area (Å²) in [4.78, 5) is 0. The van der Waals surface area contributed by atoms with Gasteiger partial charge >= 0.3 is 0 Å². The molecular weight excluding hydrogens is 134 g/mol. The maximum Gasteiger partial charge on any atom is 0.00368 e. The Morgan fingerprint density at radius 3 is 2.36 bits per heavy atom. The summed E-state index contributed by atoms with van der Waals surface area (Å²) < 4.78 is 0. The minimum absolute atomic E-state index is 0.267. The first-order chi connectivity index (χ1) is 5.04. The number of nitrogens with one attached hydrogen (secondary N) is 1. The van der Waals surface area contributed by atoms with Crippen molar-refractivity contribution in [2.24, 2.45) is 11.3 Å². The van der Waals surface area contributed by atoms with E-state index in [1.807, 2.05) is 7.05 Å². The predicted molar refractivity (Wildman–Crippen MR) is 51.7 cm³/mol. The molecule has 0 spiro atoms. The van der Waals surface area contributed by atoms with Gasteiger partial charge in [0.05, 0.1) is 0 Å². The third kappa shape index (κ3) is 4.20. The van der Waals surface area contributed by atoms with Gasteiger partial charge in [0.1, 0.15) is 0 Å². The van der Waals surface area contributed by atoms with Gasteiger partial charge in [-0.2, -0.15) is 0 Å². The average Bonchev–Trinajstić information content (AvgIpc) is 1.87. The highest BCUT2D eigenvalue weighted by molar-refractivity contribution is 4.93. The molecule has 1 atom stereocenters. The maximum atomic E-state index is 3.86. The second-order valence-electron chi connectivity index (χ2n) is 3.99. The SMILES string of the molecule is C=CC(C)(CNC)CC(C)C. The molecule has 0 aromatic heterocycles. The summed E-state index contributed by atoms with van der Waals surface area (Å²) in [5.74, 6) is 0.742. The Kier molecular flexibility index (Phi) is 4.43. The molecule has 0 aromatic carbocycles. The molecule has 0 rings (SSSR count). The molecule has 0 heterocycles. The highest BCUT2D eigenvalue weighted by Gasteiger charge is 2.19. The second kappa shape index (κ2) is 4.55. The first-order valence-corrected chi connectivity index (χ1v) is 4.32. The molecule has 1 N–H and O–H groups in total. The molecule has 1 unspecified atom stereocenters. The molecule has 1 heteroatoms. The molecule has 0 aromatic rings. The van der Waals surface area contributed by atoms with Crippen LogP contribution in [0.2, 0.25) is 0 Å². The van der Waals surface area contributed by atoms with Gasteiger partial charge in [0.2, 0.25) is 0 Å². The molecule has 0 bridgehead atoms. The Hall–Kier alpha value is -0.300. The maximum absolute atomic E-state index is 3.86. The van der Waals surface area contributed by atoms with Gasteiger partial charge in [-0.15, -0.1) is 6.58 Å². The Balaban J connectivity index is 3.98. The lowest BCUT2D eigenvalue weighted by Gasteiger charge is -2.27. The van der Waals surface area contributed by atoms with Crippen LogP contribution < -0.4 is 5.32 Å². The summed E-state index contributed by atoms with van der Waals surface area (Å²) in [5.41, 5.74) is 0.267. The van der Waals surface area contributed by atoms with Crippen molar-refractivity contribution in [1.29, 1.82) is 0 Å². The van der Waals surface area contributed by atoms with Crippen molar-refractivity contribution >= 4 is 0 Å². The zero-order valence-electron chi connectivity index (χ0n) is 8.28. The number of hydrogen-bond donors (Lipinski definition) is 1. The van der Waals surface area contributed by atoms with Crippen LogP contribution in [0.4, 0.5) is 0 Å². The Morgan fingerprint density at radius 2 is 2.09 bits per heavy atom. The van der Waals surface area contributed by atoms with Gasteiger partial charge < -0.3 is 5.32 Å². The molecule has 1 nitrogen and oxygen atoms in total. The topological polar surface area (TPSA) is 12.0 Å². The average molecular weight is 155 g/mol. The van der Waals surface area contributed by atoms with Crippen LogP contribution in [0.15, 0.2) is 12.7 Å². The van der Waals surface area contributed by atoms with E-state index in [-0.39, 0.29) is 5.41 Å². The molecule has 0 fully saturated rings. The van der Waals surface area contributed by atoms with Gasteiger partial charge in [-0.05, 0) is 24.8 Å². The largest absolute Gasteiger partial charge is 0.319 e. The van der Waals surface area contributed by atoms with Crippen LogP contribution in [0.25, 0.3) is 0 Å². The van der Waals surface area contributed by atoms with Crippen LogP contribution in [-0.4, -0.2) is 13.6 Å². The third-order valence-electron chi connectivity index (χ3n) is 1.95. The zero-order chi connectivity index (χ0) is 8.91. The predicted octanol–water partition coefficient (Wildman–Crippen LogP) is 2.44. The molecule has 0 radical (unpaired) electrons. The Labute approximate surface area is 70.9 Å². The van der Waals surface area contributed by atoms with E-state index in [1.54, 1.807) is 0 Å². The van der Waals surface area contributed by atoms with Crippen LogP contribution >= 0.6 is 0 Å². The van der Waals surface area contributed by atoms with Gasteiger partial charge in [0.25, 0.3) is 0 Å². The van der Waals surface area contributed by atoms with Crippen molar-refractivity contribution in [1.82, 2.24) is 5.32 Å². The first-order valence-electron chi connectivity index (χ1n) is 4.32. The Bertz CT molecular complexity index is 118. The van der Waals surface area contributed by atoms with Crippen LogP contribution in [0, 0.1) is 11.3 Å². The zero-order valence-corrected chi connectivity index (χ0v) is 8.28. The van der Waals surface area contributed by atoms with Crippen LogP contribution in [0.3, 0.4) is 0 Å². The fourth-order valence-electron chi connectivity index (χ4n) is 1.56. The highest BCUT2D eigenvalue weighted by Crippen LogP contribution is 2.25. The van der Waals surface area contributed by atoms with E-state index in [4.69, 9.17) is 0 Å². The van der Waals surface area contributed by atoms with Gasteiger partial charge in [-0.1, -0.05) is 26.8 Å². The monoisotopic (exact) mass is 155 g/mol. The quantitative estimate of drug-likeness (QED) is 0.601. The number of hydrogen-bond acceptors (Lipinski definition) is 1. The summed E-state index contributed by atoms with van der Waals surface area (Å²) in [7, 11) is 1.99. The van der Waals surface area contributed by atoms with E-state index in [9.17, 15) is 0 Å². The highest BCUT2D eigenvalue weighted by atomic mass is 14.8. The minimum Gasteiger partial charge on any atom is -0.319 e. The van der Waals surface area contributed by atoms with E-state index >= 15 is 0 Å². The molecule has 0 saturated heterocycles. The van der Waals surface area contributed by atoms with Crippen molar-refractivity contribution in [2.75, 3.05) is 13.6 Å². The van der Waals surface area contributed by atoms with Crippen molar-refractivity contribution in [3.05, 3.63) is 12.7 Å². The Morgan fingerprint density at radius 1 is 1.55 bits per heavy atom. The molecule has 0 aliphatic heterocycles. The van der Waals surface area contributed by atoms with Crippen molar-refractivity contribution in [3.8, 4) is 0 Å². The van der Waals surface area contributed by atoms with Gasteiger partial charge in [-0.25, -0.2) is 0 Å². The minimum atomic E-state index is 0.267. The smallest absolute Gasteiger partial charge is 0.00368 e. The number of rotatable bonds is 5. The van der Waals surface area contributed by atoms with Gasteiger partial charge in [-0.3, -0.25) is 0 Å². The van der Waals surface area contributed by atoms with Gasteiger partial charge in [0, 0.05) is 6.54 Å². The van der Waals surface area contributed by atoms with Crippen LogP contribution in [0.5, 0.6) is 0 Å². The van der Waals surface area contributed by atoms with Crippen molar-refractivity contribution < 1.29 is 0 Å². The lowest BCUT2D eigenvalue weighted by Crippen LogP contribution is -2.28. The molecule has 11 heavy (non-hydrogen) atoms. The fraction of sp³-hybridized carbons (Fsp3) is 0.800. The fourth-order valence-corrected chi connectivity index (χ4v) is 1.56. The molecule has 66 valence electrons. The summed E-state index contributed by atoms with van der Waals surface area (Å²) in [5, 5.41) is 3.19. The lowest BCUT2D eigenvalue weighted by atomic mass is 9.82. The normalized spacial score (nSPS) is 16.5. The molecule has 0 saturated carbocycles.